The Morgan fingerprint density at radius 2 is 1.95 bits per heavy atom. The molecule has 0 spiro atoms. The van der Waals surface area contributed by atoms with Gasteiger partial charge in [-0.1, -0.05) is 0 Å². The Labute approximate surface area is 118 Å². The number of hydrogen-bond donors (Lipinski definition) is 1. The van der Waals surface area contributed by atoms with E-state index in [1.807, 2.05) is 18.3 Å². The third-order valence-electron chi connectivity index (χ3n) is 3.44. The molecule has 5 nitrogen and oxygen atoms in total. The van der Waals surface area contributed by atoms with Crippen molar-refractivity contribution in [3.63, 3.8) is 0 Å². The topological polar surface area (TPSA) is 64.3 Å². The number of ether oxygens (including phenoxy) is 1. The molecular formula is C15H18N4O. The minimum atomic E-state index is 0.670. The van der Waals surface area contributed by atoms with Crippen LogP contribution in [0.1, 0.15) is 5.56 Å². The van der Waals surface area contributed by atoms with Crippen LogP contribution in [0, 0.1) is 6.92 Å². The molecule has 1 aliphatic rings. The minimum Gasteiger partial charge on any atom is -0.397 e. The van der Waals surface area contributed by atoms with Crippen LogP contribution >= 0.6 is 0 Å². The van der Waals surface area contributed by atoms with Crippen molar-refractivity contribution in [3.8, 4) is 11.3 Å². The maximum absolute atomic E-state index is 5.66. The number of morpholine rings is 1. The van der Waals surface area contributed by atoms with Crippen molar-refractivity contribution in [2.24, 2.45) is 0 Å². The number of aryl methyl sites for hydroxylation is 1. The van der Waals surface area contributed by atoms with Gasteiger partial charge in [0.25, 0.3) is 0 Å². The summed E-state index contributed by atoms with van der Waals surface area (Å²) in [5.41, 5.74) is 9.39. The second-order valence-corrected chi connectivity index (χ2v) is 4.94. The molecule has 2 N–H and O–H groups in total. The van der Waals surface area contributed by atoms with Crippen LogP contribution in [-0.2, 0) is 4.74 Å². The summed E-state index contributed by atoms with van der Waals surface area (Å²) in [5.74, 6) is 1.03. The maximum Gasteiger partial charge on any atom is 0.131 e. The number of rotatable bonds is 2. The molecule has 20 heavy (non-hydrogen) atoms. The SMILES string of the molecule is Cc1cc(-c2ccc(N)cn2)cnc1N1CCOCC1. The van der Waals surface area contributed by atoms with Crippen molar-refractivity contribution >= 4 is 11.5 Å². The predicted molar refractivity (Wildman–Crippen MR) is 79.6 cm³/mol. The van der Waals surface area contributed by atoms with Crippen molar-refractivity contribution in [1.82, 2.24) is 9.97 Å². The van der Waals surface area contributed by atoms with Crippen molar-refractivity contribution < 1.29 is 4.74 Å². The lowest BCUT2D eigenvalue weighted by Crippen LogP contribution is -2.37. The summed E-state index contributed by atoms with van der Waals surface area (Å²) in [5, 5.41) is 0. The van der Waals surface area contributed by atoms with Gasteiger partial charge in [0.15, 0.2) is 0 Å². The van der Waals surface area contributed by atoms with E-state index in [1.54, 1.807) is 6.20 Å². The number of nitrogens with zero attached hydrogens (tertiary/aromatic N) is 3. The van der Waals surface area contributed by atoms with E-state index in [-0.39, 0.29) is 0 Å². The Bertz CT molecular complexity index is 591. The molecule has 0 radical (unpaired) electrons. The Kier molecular flexibility index (Phi) is 3.52. The highest BCUT2D eigenvalue weighted by molar-refractivity contribution is 5.63. The van der Waals surface area contributed by atoms with Crippen molar-refractivity contribution in [2.75, 3.05) is 36.9 Å². The smallest absolute Gasteiger partial charge is 0.131 e. The van der Waals surface area contributed by atoms with Gasteiger partial charge < -0.3 is 15.4 Å². The highest BCUT2D eigenvalue weighted by Gasteiger charge is 2.15. The second kappa shape index (κ2) is 5.46. The molecule has 0 saturated carbocycles. The van der Waals surface area contributed by atoms with Crippen LogP contribution in [0.3, 0.4) is 0 Å². The van der Waals surface area contributed by atoms with E-state index in [4.69, 9.17) is 10.5 Å². The van der Waals surface area contributed by atoms with Gasteiger partial charge >= 0.3 is 0 Å². The zero-order chi connectivity index (χ0) is 13.9. The first kappa shape index (κ1) is 12.9. The Morgan fingerprint density at radius 3 is 2.60 bits per heavy atom. The summed E-state index contributed by atoms with van der Waals surface area (Å²) in [6, 6.07) is 5.89. The van der Waals surface area contributed by atoms with Crippen LogP contribution in [0.4, 0.5) is 11.5 Å². The number of nitrogens with two attached hydrogens (primary N) is 1. The van der Waals surface area contributed by atoms with E-state index in [2.05, 4.69) is 27.9 Å². The molecule has 0 unspecified atom stereocenters. The van der Waals surface area contributed by atoms with E-state index < -0.39 is 0 Å². The zero-order valence-corrected chi connectivity index (χ0v) is 11.5. The number of pyridine rings is 2. The summed E-state index contributed by atoms with van der Waals surface area (Å²) in [6.45, 7) is 5.41. The third kappa shape index (κ3) is 2.58. The molecule has 3 rings (SSSR count). The zero-order valence-electron chi connectivity index (χ0n) is 11.5. The van der Waals surface area contributed by atoms with Gasteiger partial charge in [-0.25, -0.2) is 4.98 Å². The molecule has 1 fully saturated rings. The van der Waals surface area contributed by atoms with Gasteiger partial charge in [-0.15, -0.1) is 0 Å². The van der Waals surface area contributed by atoms with Gasteiger partial charge in [0.05, 0.1) is 30.8 Å². The minimum absolute atomic E-state index is 0.670. The standard InChI is InChI=1S/C15H18N4O/c1-11-8-12(14-3-2-13(16)10-17-14)9-18-15(11)19-4-6-20-7-5-19/h2-3,8-10H,4-7,16H2,1H3. The van der Waals surface area contributed by atoms with Gasteiger partial charge in [0, 0.05) is 24.8 Å². The monoisotopic (exact) mass is 270 g/mol. The Balaban J connectivity index is 1.88. The Morgan fingerprint density at radius 1 is 1.15 bits per heavy atom. The van der Waals surface area contributed by atoms with E-state index >= 15 is 0 Å². The van der Waals surface area contributed by atoms with Crippen LogP contribution in [-0.4, -0.2) is 36.3 Å². The molecule has 5 heteroatoms. The van der Waals surface area contributed by atoms with E-state index in [1.165, 1.54) is 0 Å². The van der Waals surface area contributed by atoms with Crippen molar-refractivity contribution in [1.29, 1.82) is 0 Å². The number of nitrogen functional groups attached to an aromatic ring is 1. The molecule has 2 aromatic rings. The van der Waals surface area contributed by atoms with E-state index in [9.17, 15) is 0 Å². The number of anilines is 2. The van der Waals surface area contributed by atoms with Gasteiger partial charge in [-0.05, 0) is 30.7 Å². The first-order valence-corrected chi connectivity index (χ1v) is 6.75. The molecule has 0 bridgehead atoms. The molecule has 0 aromatic carbocycles. The lowest BCUT2D eigenvalue weighted by atomic mass is 10.1. The normalized spacial score (nSPS) is 15.3. The molecule has 1 saturated heterocycles. The predicted octanol–water partition coefficient (Wildman–Crippen LogP) is 1.87. The lowest BCUT2D eigenvalue weighted by molar-refractivity contribution is 0.122. The van der Waals surface area contributed by atoms with Crippen LogP contribution in [0.5, 0.6) is 0 Å². The van der Waals surface area contributed by atoms with E-state index in [0.29, 0.717) is 5.69 Å². The first-order valence-electron chi connectivity index (χ1n) is 6.75. The largest absolute Gasteiger partial charge is 0.397 e. The van der Waals surface area contributed by atoms with Crippen molar-refractivity contribution in [3.05, 3.63) is 36.2 Å². The van der Waals surface area contributed by atoms with Gasteiger partial charge in [0.2, 0.25) is 0 Å². The van der Waals surface area contributed by atoms with Gasteiger partial charge in [-0.2, -0.15) is 0 Å². The molecule has 0 atom stereocenters. The summed E-state index contributed by atoms with van der Waals surface area (Å²) in [4.78, 5) is 11.2. The van der Waals surface area contributed by atoms with E-state index in [0.717, 1.165) is 48.9 Å². The fraction of sp³-hybridized carbons (Fsp3) is 0.333. The number of aromatic nitrogens is 2. The van der Waals surface area contributed by atoms with Gasteiger partial charge in [-0.3, -0.25) is 4.98 Å². The summed E-state index contributed by atoms with van der Waals surface area (Å²) < 4.78 is 5.37. The Hall–Kier alpha value is -2.14. The summed E-state index contributed by atoms with van der Waals surface area (Å²) >= 11 is 0. The van der Waals surface area contributed by atoms with Crippen LogP contribution in [0.2, 0.25) is 0 Å². The molecule has 0 aliphatic carbocycles. The maximum atomic E-state index is 5.66. The van der Waals surface area contributed by atoms with Crippen LogP contribution < -0.4 is 10.6 Å². The van der Waals surface area contributed by atoms with Crippen molar-refractivity contribution in [2.45, 2.75) is 6.92 Å². The molecular weight excluding hydrogens is 252 g/mol. The average Bonchev–Trinajstić information content (AvgIpc) is 2.49. The second-order valence-electron chi connectivity index (χ2n) is 4.94. The fourth-order valence-corrected chi connectivity index (χ4v) is 2.39. The molecule has 104 valence electrons. The lowest BCUT2D eigenvalue weighted by Gasteiger charge is -2.29. The highest BCUT2D eigenvalue weighted by Crippen LogP contribution is 2.24. The molecule has 0 amide bonds. The summed E-state index contributed by atoms with van der Waals surface area (Å²) in [6.07, 6.45) is 3.54. The molecule has 3 heterocycles. The molecule has 1 aliphatic heterocycles. The summed E-state index contributed by atoms with van der Waals surface area (Å²) in [7, 11) is 0. The fourth-order valence-electron chi connectivity index (χ4n) is 2.39. The quantitative estimate of drug-likeness (QED) is 0.902. The van der Waals surface area contributed by atoms with Crippen LogP contribution in [0.25, 0.3) is 11.3 Å². The first-order chi connectivity index (χ1) is 9.74. The molecule has 2 aromatic heterocycles. The van der Waals surface area contributed by atoms with Gasteiger partial charge in [0.1, 0.15) is 5.82 Å². The third-order valence-corrected chi connectivity index (χ3v) is 3.44. The number of hydrogen-bond acceptors (Lipinski definition) is 5. The van der Waals surface area contributed by atoms with Crippen LogP contribution in [0.15, 0.2) is 30.6 Å². The average molecular weight is 270 g/mol. The highest BCUT2D eigenvalue weighted by atomic mass is 16.5.